The molecule has 3 atom stereocenters. The van der Waals surface area contributed by atoms with Crippen LogP contribution in [-0.4, -0.2) is 35.5 Å². The molecule has 0 aliphatic carbocycles. The second kappa shape index (κ2) is 8.97. The van der Waals surface area contributed by atoms with Gasteiger partial charge in [0.2, 0.25) is 0 Å². The number of benzene rings is 1. The predicted molar refractivity (Wildman–Crippen MR) is 96.8 cm³/mol. The molecule has 1 saturated heterocycles. The lowest BCUT2D eigenvalue weighted by atomic mass is 9.96. The third kappa shape index (κ3) is 5.15. The molecule has 0 spiro atoms. The van der Waals surface area contributed by atoms with Gasteiger partial charge in [-0.2, -0.15) is 0 Å². The number of piperidine rings is 1. The molecule has 4 nitrogen and oxygen atoms in total. The highest BCUT2D eigenvalue weighted by molar-refractivity contribution is 6.35. The van der Waals surface area contributed by atoms with Crippen LogP contribution in [0, 0.1) is 0 Å². The van der Waals surface area contributed by atoms with Crippen molar-refractivity contribution in [3.8, 4) is 5.75 Å². The van der Waals surface area contributed by atoms with Crippen LogP contribution >= 0.6 is 35.6 Å². The Labute approximate surface area is 153 Å². The van der Waals surface area contributed by atoms with E-state index in [0.717, 1.165) is 25.8 Å². The van der Waals surface area contributed by atoms with Crippen LogP contribution in [0.1, 0.15) is 33.1 Å². The highest BCUT2D eigenvalue weighted by Gasteiger charge is 2.32. The largest absolute Gasteiger partial charge is 0.479 e. The molecule has 2 N–H and O–H groups in total. The van der Waals surface area contributed by atoms with E-state index in [2.05, 4.69) is 0 Å². The van der Waals surface area contributed by atoms with E-state index in [1.54, 1.807) is 25.1 Å². The van der Waals surface area contributed by atoms with Gasteiger partial charge in [-0.3, -0.25) is 4.79 Å². The van der Waals surface area contributed by atoms with Gasteiger partial charge in [0, 0.05) is 23.7 Å². The van der Waals surface area contributed by atoms with Gasteiger partial charge in [-0.05, 0) is 51.3 Å². The fraction of sp³-hybridized carbons (Fsp3) is 0.562. The van der Waals surface area contributed by atoms with E-state index in [-0.39, 0.29) is 30.4 Å². The minimum absolute atomic E-state index is 0. The van der Waals surface area contributed by atoms with Gasteiger partial charge in [-0.1, -0.05) is 23.2 Å². The quantitative estimate of drug-likeness (QED) is 0.860. The van der Waals surface area contributed by atoms with Crippen molar-refractivity contribution in [1.82, 2.24) is 4.90 Å². The molecule has 1 aliphatic rings. The van der Waals surface area contributed by atoms with E-state index in [1.165, 1.54) is 0 Å². The van der Waals surface area contributed by atoms with E-state index in [1.807, 2.05) is 11.8 Å². The van der Waals surface area contributed by atoms with Crippen molar-refractivity contribution in [1.29, 1.82) is 0 Å². The van der Waals surface area contributed by atoms with Crippen molar-refractivity contribution in [2.24, 2.45) is 5.73 Å². The zero-order chi connectivity index (χ0) is 16.3. The normalized spacial score (nSPS) is 20.4. The highest BCUT2D eigenvalue weighted by atomic mass is 35.5. The number of amides is 1. The number of nitrogens with two attached hydrogens (primary N) is 1. The van der Waals surface area contributed by atoms with Gasteiger partial charge in [0.1, 0.15) is 5.75 Å². The van der Waals surface area contributed by atoms with Crippen LogP contribution < -0.4 is 10.5 Å². The van der Waals surface area contributed by atoms with Gasteiger partial charge in [-0.15, -0.1) is 12.4 Å². The van der Waals surface area contributed by atoms with Crippen LogP contribution in [-0.2, 0) is 4.79 Å². The fourth-order valence-corrected chi connectivity index (χ4v) is 3.28. The maximum absolute atomic E-state index is 12.7. The summed E-state index contributed by atoms with van der Waals surface area (Å²) in [5, 5.41) is 0.930. The number of hydrogen-bond donors (Lipinski definition) is 1. The zero-order valence-electron chi connectivity index (χ0n) is 13.3. The van der Waals surface area contributed by atoms with Crippen LogP contribution in [0.3, 0.4) is 0 Å². The van der Waals surface area contributed by atoms with Gasteiger partial charge in [0.15, 0.2) is 6.10 Å². The molecule has 130 valence electrons. The van der Waals surface area contributed by atoms with E-state index in [9.17, 15) is 4.79 Å². The van der Waals surface area contributed by atoms with E-state index in [0.29, 0.717) is 15.8 Å². The number of nitrogens with zero attached hydrogens (tertiary/aromatic N) is 1. The summed E-state index contributed by atoms with van der Waals surface area (Å²) in [7, 11) is 0. The summed E-state index contributed by atoms with van der Waals surface area (Å²) in [5.41, 5.74) is 6.02. The average molecular weight is 382 g/mol. The summed E-state index contributed by atoms with van der Waals surface area (Å²) in [4.78, 5) is 14.5. The molecule has 1 aromatic rings. The fourth-order valence-electron chi connectivity index (χ4n) is 2.82. The smallest absolute Gasteiger partial charge is 0.263 e. The molecule has 0 aromatic heterocycles. The summed E-state index contributed by atoms with van der Waals surface area (Å²) in [6.45, 7) is 4.41. The van der Waals surface area contributed by atoms with Crippen molar-refractivity contribution < 1.29 is 9.53 Å². The third-order valence-corrected chi connectivity index (χ3v) is 4.52. The second-order valence-corrected chi connectivity index (χ2v) is 6.63. The Morgan fingerprint density at radius 2 is 2.04 bits per heavy atom. The maximum Gasteiger partial charge on any atom is 0.263 e. The van der Waals surface area contributed by atoms with Gasteiger partial charge < -0.3 is 15.4 Å². The number of likely N-dealkylation sites (tertiary alicyclic amines) is 1. The number of halogens is 3. The Morgan fingerprint density at radius 3 is 2.65 bits per heavy atom. The Balaban J connectivity index is 0.00000264. The molecule has 3 unspecified atom stereocenters. The summed E-state index contributed by atoms with van der Waals surface area (Å²) >= 11 is 12.0. The van der Waals surface area contributed by atoms with Crippen molar-refractivity contribution in [2.45, 2.75) is 51.3 Å². The molecule has 0 radical (unpaired) electrons. The Morgan fingerprint density at radius 1 is 1.35 bits per heavy atom. The van der Waals surface area contributed by atoms with Crippen molar-refractivity contribution in [2.75, 3.05) is 6.54 Å². The second-order valence-electron chi connectivity index (χ2n) is 5.79. The van der Waals surface area contributed by atoms with Crippen molar-refractivity contribution >= 4 is 41.5 Å². The average Bonchev–Trinajstić information content (AvgIpc) is 2.49. The molecule has 1 heterocycles. The monoisotopic (exact) mass is 380 g/mol. The number of ether oxygens (including phenoxy) is 1. The van der Waals surface area contributed by atoms with Crippen LogP contribution in [0.15, 0.2) is 18.2 Å². The first-order chi connectivity index (χ1) is 10.4. The number of carbonyl (C=O) groups excluding carboxylic acids is 1. The first kappa shape index (κ1) is 20.4. The molecular weight excluding hydrogens is 359 g/mol. The van der Waals surface area contributed by atoms with Crippen LogP contribution in [0.2, 0.25) is 10.0 Å². The van der Waals surface area contributed by atoms with Gasteiger partial charge in [0.05, 0.1) is 5.02 Å². The molecule has 1 aromatic carbocycles. The third-order valence-electron chi connectivity index (χ3n) is 3.98. The number of carbonyl (C=O) groups is 1. The Kier molecular flexibility index (Phi) is 7.95. The summed E-state index contributed by atoms with van der Waals surface area (Å²) in [6, 6.07) is 4.99. The van der Waals surface area contributed by atoms with Gasteiger partial charge in [0.25, 0.3) is 5.91 Å². The maximum atomic E-state index is 12.7. The summed E-state index contributed by atoms with van der Waals surface area (Å²) in [5.74, 6) is 0.411. The van der Waals surface area contributed by atoms with Crippen molar-refractivity contribution in [3.05, 3.63) is 28.2 Å². The summed E-state index contributed by atoms with van der Waals surface area (Å²) in [6.07, 6.45) is 2.44. The highest BCUT2D eigenvalue weighted by Crippen LogP contribution is 2.29. The lowest BCUT2D eigenvalue weighted by Crippen LogP contribution is -2.54. The molecule has 23 heavy (non-hydrogen) atoms. The van der Waals surface area contributed by atoms with Crippen molar-refractivity contribution in [3.63, 3.8) is 0 Å². The minimum Gasteiger partial charge on any atom is -0.479 e. The first-order valence-electron chi connectivity index (χ1n) is 7.58. The molecule has 1 amide bonds. The van der Waals surface area contributed by atoms with E-state index in [4.69, 9.17) is 33.7 Å². The lowest BCUT2D eigenvalue weighted by molar-refractivity contribution is -0.142. The molecule has 2 rings (SSSR count). The molecule has 0 saturated carbocycles. The molecular formula is C16H23Cl3N2O2. The standard InChI is InChI=1S/C16H22Cl2N2O2.ClH/c1-10(19)14-5-3-4-8-20(14)16(21)11(2)22-15-7-6-12(17)9-13(15)18;/h6-7,9-11,14H,3-5,8,19H2,1-2H3;1H. The molecule has 1 aliphatic heterocycles. The van der Waals surface area contributed by atoms with Crippen LogP contribution in [0.4, 0.5) is 0 Å². The van der Waals surface area contributed by atoms with Crippen LogP contribution in [0.5, 0.6) is 5.75 Å². The van der Waals surface area contributed by atoms with E-state index >= 15 is 0 Å². The molecule has 0 bridgehead atoms. The van der Waals surface area contributed by atoms with Crippen LogP contribution in [0.25, 0.3) is 0 Å². The first-order valence-corrected chi connectivity index (χ1v) is 8.33. The molecule has 7 heteroatoms. The number of hydrogen-bond acceptors (Lipinski definition) is 3. The van der Waals surface area contributed by atoms with Gasteiger partial charge in [-0.25, -0.2) is 0 Å². The summed E-state index contributed by atoms with van der Waals surface area (Å²) < 4.78 is 5.72. The SMILES string of the molecule is CC(Oc1ccc(Cl)cc1Cl)C(=O)N1CCCCC1C(C)N.Cl. The number of rotatable bonds is 4. The predicted octanol–water partition coefficient (Wildman–Crippen LogP) is 3.91. The zero-order valence-corrected chi connectivity index (χ0v) is 15.6. The molecule has 1 fully saturated rings. The Hall–Kier alpha value is -0.680. The minimum atomic E-state index is -0.613. The van der Waals surface area contributed by atoms with Gasteiger partial charge >= 0.3 is 0 Å². The van der Waals surface area contributed by atoms with E-state index < -0.39 is 6.10 Å². The lowest BCUT2D eigenvalue weighted by Gasteiger charge is -2.39. The topological polar surface area (TPSA) is 55.6 Å². The Bertz CT molecular complexity index is 540.